The summed E-state index contributed by atoms with van der Waals surface area (Å²) < 4.78 is 5.86. The Kier molecular flexibility index (Phi) is 3.68. The quantitative estimate of drug-likeness (QED) is 0.844. The van der Waals surface area contributed by atoms with Crippen molar-refractivity contribution < 1.29 is 14.3 Å². The van der Waals surface area contributed by atoms with E-state index in [1.807, 2.05) is 26.0 Å². The third kappa shape index (κ3) is 2.65. The van der Waals surface area contributed by atoms with Crippen molar-refractivity contribution in [3.8, 4) is 5.75 Å². The maximum absolute atomic E-state index is 12.3. The molecule has 112 valence electrons. The van der Waals surface area contributed by atoms with Gasteiger partial charge in [-0.05, 0) is 25.0 Å². The Morgan fingerprint density at radius 2 is 2.19 bits per heavy atom. The molecule has 2 atom stereocenters. The van der Waals surface area contributed by atoms with Crippen LogP contribution in [0.25, 0.3) is 0 Å². The van der Waals surface area contributed by atoms with Crippen molar-refractivity contribution in [2.45, 2.75) is 38.8 Å². The molecule has 0 radical (unpaired) electrons. The van der Waals surface area contributed by atoms with E-state index in [2.05, 4.69) is 11.4 Å². The molecule has 0 aliphatic carbocycles. The van der Waals surface area contributed by atoms with Crippen molar-refractivity contribution >= 4 is 11.8 Å². The van der Waals surface area contributed by atoms with E-state index in [0.717, 1.165) is 17.7 Å². The van der Waals surface area contributed by atoms with Gasteiger partial charge in [0.25, 0.3) is 0 Å². The first-order valence-corrected chi connectivity index (χ1v) is 7.42. The lowest BCUT2D eigenvalue weighted by molar-refractivity contribution is -0.150. The summed E-state index contributed by atoms with van der Waals surface area (Å²) in [4.78, 5) is 25.6. The molecule has 0 bridgehead atoms. The molecule has 2 aliphatic heterocycles. The maximum Gasteiger partial charge on any atom is 0.246 e. The van der Waals surface area contributed by atoms with Gasteiger partial charge in [0.05, 0.1) is 19.1 Å². The summed E-state index contributed by atoms with van der Waals surface area (Å²) in [6, 6.07) is 5.82. The van der Waals surface area contributed by atoms with Crippen molar-refractivity contribution in [2.75, 3.05) is 13.1 Å². The van der Waals surface area contributed by atoms with Crippen molar-refractivity contribution in [3.05, 3.63) is 29.3 Å². The molecule has 21 heavy (non-hydrogen) atoms. The van der Waals surface area contributed by atoms with Crippen LogP contribution in [0.5, 0.6) is 5.75 Å². The number of fused-ring (bicyclic) bond motifs is 1. The number of amides is 2. The number of nitrogens with one attached hydrogen (secondary N) is 1. The minimum absolute atomic E-state index is 0.134. The molecule has 1 N–H and O–H groups in total. The van der Waals surface area contributed by atoms with E-state index in [1.54, 1.807) is 0 Å². The Labute approximate surface area is 124 Å². The van der Waals surface area contributed by atoms with Gasteiger partial charge in [0, 0.05) is 6.42 Å². The van der Waals surface area contributed by atoms with E-state index in [4.69, 9.17) is 4.74 Å². The van der Waals surface area contributed by atoms with Crippen LogP contribution in [-0.4, -0.2) is 41.9 Å². The van der Waals surface area contributed by atoms with E-state index in [-0.39, 0.29) is 30.5 Å². The summed E-state index contributed by atoms with van der Waals surface area (Å²) in [5, 5.41) is 2.97. The van der Waals surface area contributed by atoms with Gasteiger partial charge in [0.1, 0.15) is 11.9 Å². The molecule has 5 heteroatoms. The Morgan fingerprint density at radius 1 is 1.38 bits per heavy atom. The molecule has 1 saturated heterocycles. The fourth-order valence-corrected chi connectivity index (χ4v) is 2.97. The van der Waals surface area contributed by atoms with Gasteiger partial charge in [-0.3, -0.25) is 19.8 Å². The van der Waals surface area contributed by atoms with Gasteiger partial charge in [-0.1, -0.05) is 24.6 Å². The summed E-state index contributed by atoms with van der Waals surface area (Å²) in [6.45, 7) is 4.55. The van der Waals surface area contributed by atoms with E-state index in [9.17, 15) is 9.59 Å². The average molecular weight is 288 g/mol. The molecule has 2 aliphatic rings. The lowest BCUT2D eigenvalue weighted by atomic mass is 10.1. The molecule has 2 heterocycles. The van der Waals surface area contributed by atoms with Gasteiger partial charge in [0.2, 0.25) is 11.8 Å². The van der Waals surface area contributed by atoms with Crippen molar-refractivity contribution in [2.24, 2.45) is 0 Å². The maximum atomic E-state index is 12.3. The van der Waals surface area contributed by atoms with Gasteiger partial charge in [-0.2, -0.15) is 0 Å². The Bertz CT molecular complexity index is 585. The molecule has 5 nitrogen and oxygen atoms in total. The molecule has 2 unspecified atom stereocenters. The number of rotatable bonds is 3. The zero-order valence-electron chi connectivity index (χ0n) is 12.4. The minimum Gasteiger partial charge on any atom is -0.488 e. The van der Waals surface area contributed by atoms with Gasteiger partial charge < -0.3 is 4.74 Å². The fourth-order valence-electron chi connectivity index (χ4n) is 2.97. The van der Waals surface area contributed by atoms with Gasteiger partial charge >= 0.3 is 0 Å². The van der Waals surface area contributed by atoms with E-state index >= 15 is 0 Å². The molecule has 0 aromatic heterocycles. The van der Waals surface area contributed by atoms with Crippen molar-refractivity contribution in [3.63, 3.8) is 0 Å². The Morgan fingerprint density at radius 3 is 2.95 bits per heavy atom. The number of carbonyl (C=O) groups excluding carboxylic acids is 2. The summed E-state index contributed by atoms with van der Waals surface area (Å²) in [7, 11) is 0. The van der Waals surface area contributed by atoms with Crippen molar-refractivity contribution in [1.29, 1.82) is 0 Å². The SMILES string of the molecule is CCC1NCC(=O)N(CC2Cc3cc(C)ccc3O2)C1=O. The first kappa shape index (κ1) is 14.1. The normalized spacial score (nSPS) is 25.0. The number of aryl methyl sites for hydroxylation is 1. The summed E-state index contributed by atoms with van der Waals surface area (Å²) in [5.74, 6) is 0.567. The van der Waals surface area contributed by atoms with E-state index in [1.165, 1.54) is 10.5 Å². The van der Waals surface area contributed by atoms with Crippen LogP contribution in [0, 0.1) is 6.92 Å². The molecule has 0 spiro atoms. The van der Waals surface area contributed by atoms with E-state index < -0.39 is 0 Å². The Balaban J connectivity index is 1.70. The van der Waals surface area contributed by atoms with Gasteiger partial charge in [0.15, 0.2) is 0 Å². The average Bonchev–Trinajstić information content (AvgIpc) is 2.85. The molecule has 1 fully saturated rings. The monoisotopic (exact) mass is 288 g/mol. The zero-order chi connectivity index (χ0) is 15.0. The molecule has 0 saturated carbocycles. The van der Waals surface area contributed by atoms with Crippen LogP contribution < -0.4 is 10.1 Å². The van der Waals surface area contributed by atoms with Crippen LogP contribution in [0.4, 0.5) is 0 Å². The molecular weight excluding hydrogens is 268 g/mol. The molecule has 2 amide bonds. The summed E-state index contributed by atoms with van der Waals surface area (Å²) >= 11 is 0. The molecule has 1 aromatic rings. The Hall–Kier alpha value is -1.88. The number of hydrogen-bond donors (Lipinski definition) is 1. The lowest BCUT2D eigenvalue weighted by Gasteiger charge is -2.32. The summed E-state index contributed by atoms with van der Waals surface area (Å²) in [6.07, 6.45) is 1.30. The topological polar surface area (TPSA) is 58.6 Å². The molecule has 3 rings (SSSR count). The molecule has 1 aromatic carbocycles. The number of ether oxygens (including phenoxy) is 1. The predicted octanol–water partition coefficient (Wildman–Crippen LogP) is 1.04. The number of nitrogens with zero attached hydrogens (tertiary/aromatic N) is 1. The smallest absolute Gasteiger partial charge is 0.246 e. The highest BCUT2D eigenvalue weighted by Gasteiger charge is 2.36. The van der Waals surface area contributed by atoms with Gasteiger partial charge in [-0.25, -0.2) is 0 Å². The first-order chi connectivity index (χ1) is 10.1. The number of benzene rings is 1. The first-order valence-electron chi connectivity index (χ1n) is 7.42. The van der Waals surface area contributed by atoms with Crippen molar-refractivity contribution in [1.82, 2.24) is 10.2 Å². The number of imide groups is 1. The van der Waals surface area contributed by atoms with Crippen LogP contribution in [0.3, 0.4) is 0 Å². The largest absolute Gasteiger partial charge is 0.488 e. The van der Waals surface area contributed by atoms with E-state index in [0.29, 0.717) is 13.0 Å². The second kappa shape index (κ2) is 5.48. The zero-order valence-corrected chi connectivity index (χ0v) is 12.4. The van der Waals surface area contributed by atoms with Gasteiger partial charge in [-0.15, -0.1) is 0 Å². The van der Waals surface area contributed by atoms with Crippen LogP contribution >= 0.6 is 0 Å². The fraction of sp³-hybridized carbons (Fsp3) is 0.500. The highest BCUT2D eigenvalue weighted by molar-refractivity contribution is 6.01. The lowest BCUT2D eigenvalue weighted by Crippen LogP contribution is -2.59. The van der Waals surface area contributed by atoms with Crippen LogP contribution in [-0.2, 0) is 16.0 Å². The second-order valence-corrected chi connectivity index (χ2v) is 5.74. The number of hydrogen-bond acceptors (Lipinski definition) is 4. The minimum atomic E-state index is -0.256. The second-order valence-electron chi connectivity index (χ2n) is 5.74. The summed E-state index contributed by atoms with van der Waals surface area (Å²) in [5.41, 5.74) is 2.35. The van der Waals surface area contributed by atoms with Crippen LogP contribution in [0.15, 0.2) is 18.2 Å². The highest BCUT2D eigenvalue weighted by atomic mass is 16.5. The predicted molar refractivity (Wildman–Crippen MR) is 78.1 cm³/mol. The number of carbonyl (C=O) groups is 2. The highest BCUT2D eigenvalue weighted by Crippen LogP contribution is 2.30. The third-order valence-corrected chi connectivity index (χ3v) is 4.12. The van der Waals surface area contributed by atoms with Crippen LogP contribution in [0.2, 0.25) is 0 Å². The standard InChI is InChI=1S/C16H20N2O3/c1-3-13-16(20)18(15(19)8-17-13)9-12-7-11-6-10(2)4-5-14(11)21-12/h4-6,12-13,17H,3,7-9H2,1-2H3. The third-order valence-electron chi connectivity index (χ3n) is 4.12. The molecular formula is C16H20N2O3. The number of piperazine rings is 1. The van der Waals surface area contributed by atoms with Crippen LogP contribution in [0.1, 0.15) is 24.5 Å².